The molecule has 0 saturated carbocycles. The lowest BCUT2D eigenvalue weighted by molar-refractivity contribution is 0.661. The van der Waals surface area contributed by atoms with Crippen LogP contribution in [-0.2, 0) is 5.41 Å². The molecule has 0 aliphatic heterocycles. The minimum atomic E-state index is -0.212. The Balaban J connectivity index is 1.08. The van der Waals surface area contributed by atoms with Crippen molar-refractivity contribution in [2.45, 2.75) is 19.3 Å². The summed E-state index contributed by atoms with van der Waals surface area (Å²) < 4.78 is 8.84. The smallest absolute Gasteiger partial charge is 0.136 e. The van der Waals surface area contributed by atoms with E-state index in [4.69, 9.17) is 4.42 Å². The van der Waals surface area contributed by atoms with Gasteiger partial charge in [-0.05, 0) is 111 Å². The molecule has 12 rings (SSSR count). The molecule has 3 nitrogen and oxygen atoms in total. The first-order valence-electron chi connectivity index (χ1n) is 20.1. The fourth-order valence-electron chi connectivity index (χ4n) is 9.91. The number of hydrogen-bond acceptors (Lipinski definition) is 2. The quantitative estimate of drug-likeness (QED) is 0.175. The van der Waals surface area contributed by atoms with Crippen LogP contribution in [0.25, 0.3) is 82.5 Å². The lowest BCUT2D eigenvalue weighted by atomic mass is 9.81. The van der Waals surface area contributed by atoms with Gasteiger partial charge in [0.2, 0.25) is 0 Å². The molecule has 274 valence electrons. The second-order valence-corrected chi connectivity index (χ2v) is 16.1. The van der Waals surface area contributed by atoms with E-state index in [1.165, 1.54) is 60.5 Å². The molecule has 2 aromatic heterocycles. The van der Waals surface area contributed by atoms with Crippen LogP contribution in [0.5, 0.6) is 0 Å². The van der Waals surface area contributed by atoms with E-state index in [1.54, 1.807) is 0 Å². The molecule has 0 atom stereocenters. The number of para-hydroxylation sites is 3. The first-order valence-corrected chi connectivity index (χ1v) is 20.1. The van der Waals surface area contributed by atoms with E-state index in [-0.39, 0.29) is 5.41 Å². The molecule has 0 fully saturated rings. The summed E-state index contributed by atoms with van der Waals surface area (Å²) >= 11 is 0. The van der Waals surface area contributed by atoms with Crippen LogP contribution < -0.4 is 4.90 Å². The summed E-state index contributed by atoms with van der Waals surface area (Å²) in [6.45, 7) is 4.75. The van der Waals surface area contributed by atoms with E-state index in [0.29, 0.717) is 0 Å². The molecule has 0 spiro atoms. The van der Waals surface area contributed by atoms with Crippen LogP contribution in [0.15, 0.2) is 199 Å². The predicted octanol–water partition coefficient (Wildman–Crippen LogP) is 15.3. The Kier molecular flexibility index (Phi) is 6.98. The summed E-state index contributed by atoms with van der Waals surface area (Å²) in [5, 5.41) is 7.16. The molecule has 1 aliphatic carbocycles. The summed E-state index contributed by atoms with van der Waals surface area (Å²) in [5.41, 5.74) is 16.1. The molecule has 0 radical (unpaired) electrons. The van der Waals surface area contributed by atoms with Gasteiger partial charge in [0.1, 0.15) is 11.2 Å². The molecular weight excluding hydrogens is 705 g/mol. The van der Waals surface area contributed by atoms with Gasteiger partial charge in [-0.2, -0.15) is 0 Å². The third-order valence-electron chi connectivity index (χ3n) is 12.5. The second kappa shape index (κ2) is 12.3. The minimum Gasteiger partial charge on any atom is -0.456 e. The molecule has 58 heavy (non-hydrogen) atoms. The lowest BCUT2D eigenvalue weighted by Gasteiger charge is -2.33. The van der Waals surface area contributed by atoms with Crippen molar-refractivity contribution in [3.63, 3.8) is 0 Å². The zero-order valence-electron chi connectivity index (χ0n) is 32.3. The van der Waals surface area contributed by atoms with Crippen LogP contribution in [-0.4, -0.2) is 4.57 Å². The maximum Gasteiger partial charge on any atom is 0.136 e. The predicted molar refractivity (Wildman–Crippen MR) is 243 cm³/mol. The highest BCUT2D eigenvalue weighted by atomic mass is 16.3. The monoisotopic (exact) mass is 742 g/mol. The average Bonchev–Trinajstić information content (AvgIpc) is 3.88. The Morgan fingerprint density at radius 3 is 1.83 bits per heavy atom. The van der Waals surface area contributed by atoms with Crippen LogP contribution in [0.1, 0.15) is 25.0 Å². The van der Waals surface area contributed by atoms with Gasteiger partial charge >= 0.3 is 0 Å². The zero-order valence-corrected chi connectivity index (χ0v) is 32.3. The van der Waals surface area contributed by atoms with Gasteiger partial charge < -0.3 is 13.9 Å². The van der Waals surface area contributed by atoms with Crippen LogP contribution >= 0.6 is 0 Å². The SMILES string of the molecule is CC1(C)c2ccccc2-c2cccc(N(c3ccc(-n4c5ccccc5c5ccccc54)cc3)c3ccccc3-c3ccc4oc5cc6ccccc6cc5c4c3)c21. The number of aromatic nitrogens is 1. The molecule has 3 heteroatoms. The van der Waals surface area contributed by atoms with E-state index in [9.17, 15) is 0 Å². The van der Waals surface area contributed by atoms with Gasteiger partial charge in [0.25, 0.3) is 0 Å². The van der Waals surface area contributed by atoms with Crippen molar-refractivity contribution >= 4 is 71.6 Å². The average molecular weight is 743 g/mol. The van der Waals surface area contributed by atoms with Crippen LogP contribution in [0.3, 0.4) is 0 Å². The number of nitrogens with zero attached hydrogens (tertiary/aromatic N) is 2. The fourth-order valence-corrected chi connectivity index (χ4v) is 9.91. The summed E-state index contributed by atoms with van der Waals surface area (Å²) in [7, 11) is 0. The Morgan fingerprint density at radius 2 is 1.05 bits per heavy atom. The number of benzene rings is 9. The standard InChI is InChI=1S/C55H38N2O/c1-55(2)47-21-9-5-17-41(47)44-20-13-25-51(54(44)55)57(39-29-27-38(28-30-39)56-49-23-11-7-18-42(49)43-19-8-12-24-50(43)56)48-22-10-6-16-40(48)37-26-31-52-45(33-37)46-32-35-14-3-4-15-36(35)34-53(46)58-52/h3-34H,1-2H3. The van der Waals surface area contributed by atoms with E-state index in [1.807, 2.05) is 0 Å². The Labute approximate surface area is 336 Å². The van der Waals surface area contributed by atoms with Gasteiger partial charge in [-0.1, -0.05) is 135 Å². The highest BCUT2D eigenvalue weighted by Gasteiger charge is 2.39. The number of rotatable bonds is 5. The number of fused-ring (bicyclic) bond motifs is 10. The Bertz CT molecular complexity index is 3380. The summed E-state index contributed by atoms with van der Waals surface area (Å²) in [6.07, 6.45) is 0. The van der Waals surface area contributed by atoms with E-state index in [0.717, 1.165) is 50.1 Å². The molecule has 0 unspecified atom stereocenters. The van der Waals surface area contributed by atoms with Gasteiger partial charge in [-0.25, -0.2) is 0 Å². The largest absolute Gasteiger partial charge is 0.456 e. The number of anilines is 3. The summed E-state index contributed by atoms with van der Waals surface area (Å²) in [5.74, 6) is 0. The Morgan fingerprint density at radius 1 is 0.448 bits per heavy atom. The van der Waals surface area contributed by atoms with E-state index >= 15 is 0 Å². The third-order valence-corrected chi connectivity index (χ3v) is 12.5. The van der Waals surface area contributed by atoms with Crippen LogP contribution in [0.4, 0.5) is 17.1 Å². The van der Waals surface area contributed by atoms with Crippen molar-refractivity contribution in [2.24, 2.45) is 0 Å². The van der Waals surface area contributed by atoms with Crippen molar-refractivity contribution in [3.8, 4) is 27.9 Å². The molecule has 0 N–H and O–H groups in total. The normalized spacial score (nSPS) is 13.1. The molecule has 1 aliphatic rings. The van der Waals surface area contributed by atoms with Crippen LogP contribution in [0.2, 0.25) is 0 Å². The topological polar surface area (TPSA) is 21.3 Å². The summed E-state index contributed by atoms with van der Waals surface area (Å²) in [6, 6.07) is 70.8. The molecule has 9 aromatic carbocycles. The van der Waals surface area contributed by atoms with Crippen molar-refractivity contribution in [1.29, 1.82) is 0 Å². The van der Waals surface area contributed by atoms with Gasteiger partial charge in [-0.3, -0.25) is 0 Å². The van der Waals surface area contributed by atoms with E-state index < -0.39 is 0 Å². The molecule has 0 saturated heterocycles. The molecule has 11 aromatic rings. The molecular formula is C55H38N2O. The van der Waals surface area contributed by atoms with Crippen LogP contribution in [0, 0.1) is 0 Å². The molecule has 0 amide bonds. The highest BCUT2D eigenvalue weighted by molar-refractivity contribution is 6.12. The van der Waals surface area contributed by atoms with E-state index in [2.05, 4.69) is 217 Å². The maximum atomic E-state index is 6.45. The molecule has 2 heterocycles. The van der Waals surface area contributed by atoms with Crippen molar-refractivity contribution < 1.29 is 4.42 Å². The van der Waals surface area contributed by atoms with Crippen molar-refractivity contribution in [1.82, 2.24) is 4.57 Å². The third kappa shape index (κ3) is 4.74. The second-order valence-electron chi connectivity index (χ2n) is 16.1. The van der Waals surface area contributed by atoms with Gasteiger partial charge in [0.05, 0.1) is 22.4 Å². The Hall–Kier alpha value is -7.36. The van der Waals surface area contributed by atoms with Gasteiger partial charge in [0.15, 0.2) is 0 Å². The first-order chi connectivity index (χ1) is 28.5. The summed E-state index contributed by atoms with van der Waals surface area (Å²) in [4.78, 5) is 2.49. The lowest BCUT2D eigenvalue weighted by Crippen LogP contribution is -2.21. The first kappa shape index (κ1) is 32.8. The van der Waals surface area contributed by atoms with Crippen molar-refractivity contribution in [3.05, 3.63) is 205 Å². The van der Waals surface area contributed by atoms with Crippen molar-refractivity contribution in [2.75, 3.05) is 4.90 Å². The maximum absolute atomic E-state index is 6.45. The molecule has 0 bridgehead atoms. The number of furan rings is 1. The zero-order chi connectivity index (χ0) is 38.5. The minimum absolute atomic E-state index is 0.212. The van der Waals surface area contributed by atoms with Gasteiger partial charge in [0, 0.05) is 43.9 Å². The fraction of sp³-hybridized carbons (Fsp3) is 0.0545. The highest BCUT2D eigenvalue weighted by Crippen LogP contribution is 2.55. The van der Waals surface area contributed by atoms with Gasteiger partial charge in [-0.15, -0.1) is 0 Å². The number of hydrogen-bond donors (Lipinski definition) is 0.